The van der Waals surface area contributed by atoms with Crippen LogP contribution in [0.4, 0.5) is 0 Å². The van der Waals surface area contributed by atoms with E-state index in [2.05, 4.69) is 4.74 Å². The summed E-state index contributed by atoms with van der Waals surface area (Å²) < 4.78 is 64.8. The number of methoxy groups -OCH3 is 1. The first-order valence-electron chi connectivity index (χ1n) is 25.8. The molecule has 5 rings (SSSR count). The summed E-state index contributed by atoms with van der Waals surface area (Å²) in [6, 6.07) is 0. The Bertz CT molecular complexity index is 1610. The van der Waals surface area contributed by atoms with E-state index in [1.807, 2.05) is 6.92 Å². The fraction of sp³-hybridized carbons (Fsp3) is 0.979. The van der Waals surface area contributed by atoms with Gasteiger partial charge in [-0.25, -0.2) is 0 Å². The van der Waals surface area contributed by atoms with Gasteiger partial charge in [-0.15, -0.1) is 0 Å². The first-order valence-corrected chi connectivity index (χ1v) is 25.8. The van der Waals surface area contributed by atoms with Crippen LogP contribution in [0, 0.1) is 0 Å². The van der Waals surface area contributed by atoms with Gasteiger partial charge < -0.3 is 129 Å². The zero-order valence-corrected chi connectivity index (χ0v) is 42.3. The summed E-state index contributed by atoms with van der Waals surface area (Å²) in [7, 11) is 1.26. The molecule has 0 radical (unpaired) electrons. The van der Waals surface area contributed by atoms with Crippen LogP contribution < -0.4 is 0 Å². The number of esters is 1. The highest BCUT2D eigenvalue weighted by Crippen LogP contribution is 2.37. The van der Waals surface area contributed by atoms with E-state index in [4.69, 9.17) is 47.4 Å². The van der Waals surface area contributed by atoms with Gasteiger partial charge in [0.25, 0.3) is 0 Å². The highest BCUT2D eigenvalue weighted by atomic mass is 16.8. The number of unbranched alkanes of at least 4 members (excludes halogenated alkanes) is 6. The van der Waals surface area contributed by atoms with Crippen LogP contribution in [0.1, 0.15) is 97.8 Å². The van der Waals surface area contributed by atoms with E-state index in [1.165, 1.54) is 21.0 Å². The second-order valence-corrected chi connectivity index (χ2v) is 20.0. The van der Waals surface area contributed by atoms with Gasteiger partial charge in [-0.05, 0) is 33.1 Å². The van der Waals surface area contributed by atoms with Crippen LogP contribution in [-0.2, 0) is 56.9 Å². The van der Waals surface area contributed by atoms with E-state index >= 15 is 0 Å². The largest absolute Gasteiger partial charge is 0.469 e. The summed E-state index contributed by atoms with van der Waals surface area (Å²) in [5.74, 6) is -0.484. The summed E-state index contributed by atoms with van der Waals surface area (Å²) in [5.41, 5.74) is 0. The second-order valence-electron chi connectivity index (χ2n) is 20.0. The van der Waals surface area contributed by atoms with Crippen LogP contribution in [-0.4, -0.2) is 275 Å². The van der Waals surface area contributed by atoms with Gasteiger partial charge in [-0.1, -0.05) is 58.3 Å². The molecule has 0 unspecified atom stereocenters. The van der Waals surface area contributed by atoms with E-state index in [9.17, 15) is 81.4 Å². The van der Waals surface area contributed by atoms with Crippen molar-refractivity contribution in [1.29, 1.82) is 0 Å². The van der Waals surface area contributed by atoms with Crippen LogP contribution in [0.2, 0.25) is 0 Å². The van der Waals surface area contributed by atoms with Crippen molar-refractivity contribution in [2.45, 2.75) is 264 Å². The molecule has 0 aromatic carbocycles. The standard InChI is InChI=1S/C47H84O27/c1-5-6-14-23(15-12-10-8-7-9-11-13-22(50)16-27(51)64-4)68-46-41(36(60)31(55)26(71-46)19-65-43-37(61)33(57)28(52)20(2)66-43)73-47-42(74-44-38(62)34(58)29(53)21(3)67-44)40(32(56)25(18-49)70-47)72-45-39(63)35(59)30(54)24(17-48)69-45/h20-26,28-50,52-63H,5-19H2,1-4H3/t20-,21-,22-,23-,24+,25+,26+,28-,29-,30+,31+,32+,33+,34+,35-,36-,37+,38+,39+,40-,41+,42+,43+,44-,45-,46+,47-/m0/s1. The van der Waals surface area contributed by atoms with Crippen LogP contribution in [0.5, 0.6) is 0 Å². The molecule has 5 saturated heterocycles. The summed E-state index contributed by atoms with van der Waals surface area (Å²) in [4.78, 5) is 11.5. The van der Waals surface area contributed by atoms with E-state index in [0.29, 0.717) is 38.5 Å². The predicted octanol–water partition coefficient (Wildman–Crippen LogP) is -5.24. The van der Waals surface area contributed by atoms with Crippen molar-refractivity contribution in [3.63, 3.8) is 0 Å². The summed E-state index contributed by atoms with van der Waals surface area (Å²) in [5, 5.41) is 162. The lowest BCUT2D eigenvalue weighted by molar-refractivity contribution is -0.410. The molecular formula is C47H84O27. The van der Waals surface area contributed by atoms with Crippen molar-refractivity contribution in [3.8, 4) is 0 Å². The molecule has 0 aliphatic carbocycles. The smallest absolute Gasteiger partial charge is 0.308 e. The fourth-order valence-electron chi connectivity index (χ4n) is 9.60. The first-order chi connectivity index (χ1) is 35.2. The van der Waals surface area contributed by atoms with Crippen molar-refractivity contribution >= 4 is 5.97 Å². The minimum Gasteiger partial charge on any atom is -0.469 e. The maximum Gasteiger partial charge on any atom is 0.308 e. The minimum atomic E-state index is -2.04. The van der Waals surface area contributed by atoms with E-state index in [0.717, 1.165) is 32.1 Å². The topological polar surface area (TPSA) is 422 Å². The maximum absolute atomic E-state index is 12.0. The molecule has 15 N–H and O–H groups in total. The quantitative estimate of drug-likeness (QED) is 0.0270. The van der Waals surface area contributed by atoms with Crippen molar-refractivity contribution < 1.29 is 133 Å². The molecule has 0 aromatic rings. The zero-order valence-electron chi connectivity index (χ0n) is 42.3. The number of carbonyl (C=O) groups is 1. The average molecular weight is 1080 g/mol. The average Bonchev–Trinajstić information content (AvgIpc) is 3.38. The molecule has 5 aliphatic rings. The lowest BCUT2D eigenvalue weighted by Gasteiger charge is -2.50. The number of rotatable bonds is 27. The highest BCUT2D eigenvalue weighted by Gasteiger charge is 2.57. The van der Waals surface area contributed by atoms with Crippen LogP contribution in [0.3, 0.4) is 0 Å². The van der Waals surface area contributed by atoms with E-state index in [1.54, 1.807) is 0 Å². The summed E-state index contributed by atoms with van der Waals surface area (Å²) in [6.07, 6.45) is -37.3. The minimum absolute atomic E-state index is 0.0764. The first kappa shape index (κ1) is 63.3. The molecule has 0 bridgehead atoms. The molecule has 434 valence electrons. The Hall–Kier alpha value is -1.53. The van der Waals surface area contributed by atoms with Crippen LogP contribution in [0.15, 0.2) is 0 Å². The lowest BCUT2D eigenvalue weighted by Crippen LogP contribution is -2.68. The number of hydrogen-bond acceptors (Lipinski definition) is 27. The Balaban J connectivity index is 1.43. The molecule has 27 atom stereocenters. The third-order valence-corrected chi connectivity index (χ3v) is 14.4. The van der Waals surface area contributed by atoms with Gasteiger partial charge in [0.05, 0.1) is 57.8 Å². The van der Waals surface area contributed by atoms with E-state index < -0.39 is 192 Å². The molecule has 0 spiro atoms. The van der Waals surface area contributed by atoms with Crippen molar-refractivity contribution in [1.82, 2.24) is 0 Å². The molecule has 27 nitrogen and oxygen atoms in total. The van der Waals surface area contributed by atoms with Crippen LogP contribution in [0.25, 0.3) is 0 Å². The third-order valence-electron chi connectivity index (χ3n) is 14.4. The number of aliphatic hydroxyl groups is 15. The molecule has 0 aromatic heterocycles. The van der Waals surface area contributed by atoms with E-state index in [-0.39, 0.29) is 6.42 Å². The third kappa shape index (κ3) is 16.3. The molecule has 0 amide bonds. The van der Waals surface area contributed by atoms with Crippen molar-refractivity contribution in [2.75, 3.05) is 26.9 Å². The maximum atomic E-state index is 12.0. The SMILES string of the molecule is CCCC[C@@H](CCCCCCCC[C@H](O)CC(=O)OC)O[C@@H]1O[C@H](CO[C@@H]2O[C@@H](C)[C@H](O)[C@@H](O)[C@H]2O)[C@@H](O)[C@H](O)[C@H]1O[C@@H]1O[C@H](CO)[C@@H](O)[C@H](O[C@@H]2O[C@H](CO)[C@@H](O)[C@H](O)[C@H]2O)[C@H]1O[C@@H]1O[C@@H](C)[C@H](O)[C@@H](O)[C@H]1O. The molecule has 0 saturated carbocycles. The van der Waals surface area contributed by atoms with Gasteiger partial charge in [-0.3, -0.25) is 4.79 Å². The molecule has 5 heterocycles. The zero-order chi connectivity index (χ0) is 54.6. The van der Waals surface area contributed by atoms with Gasteiger partial charge in [0.15, 0.2) is 31.5 Å². The monoisotopic (exact) mass is 1080 g/mol. The lowest BCUT2D eigenvalue weighted by atomic mass is 9.95. The van der Waals surface area contributed by atoms with Gasteiger partial charge in [0.2, 0.25) is 0 Å². The highest BCUT2D eigenvalue weighted by molar-refractivity contribution is 5.69. The molecule has 74 heavy (non-hydrogen) atoms. The fourth-order valence-corrected chi connectivity index (χ4v) is 9.60. The number of ether oxygens (including phenoxy) is 11. The van der Waals surface area contributed by atoms with Gasteiger partial charge in [0, 0.05) is 0 Å². The number of hydrogen-bond donors (Lipinski definition) is 15. The summed E-state index contributed by atoms with van der Waals surface area (Å²) in [6.45, 7) is 2.35. The van der Waals surface area contributed by atoms with Crippen LogP contribution >= 0.6 is 0 Å². The van der Waals surface area contributed by atoms with Crippen molar-refractivity contribution in [3.05, 3.63) is 0 Å². The predicted molar refractivity (Wildman–Crippen MR) is 245 cm³/mol. The Morgan fingerprint density at radius 3 is 1.53 bits per heavy atom. The normalized spacial score (nSPS) is 44.0. The molecule has 27 heteroatoms. The molecular weight excluding hydrogens is 996 g/mol. The number of carbonyl (C=O) groups excluding carboxylic acids is 1. The second kappa shape index (κ2) is 30.2. The summed E-state index contributed by atoms with van der Waals surface area (Å²) >= 11 is 0. The Morgan fingerprint density at radius 2 is 0.932 bits per heavy atom. The molecule has 5 aliphatic heterocycles. The number of aliphatic hydroxyl groups excluding tert-OH is 15. The Morgan fingerprint density at radius 1 is 0.473 bits per heavy atom. The van der Waals surface area contributed by atoms with Gasteiger partial charge in [-0.2, -0.15) is 0 Å². The Labute approximate surface area is 429 Å². The van der Waals surface area contributed by atoms with Crippen molar-refractivity contribution in [2.24, 2.45) is 0 Å². The Kier molecular flexibility index (Phi) is 25.8. The van der Waals surface area contributed by atoms with Gasteiger partial charge >= 0.3 is 5.97 Å². The van der Waals surface area contributed by atoms with Gasteiger partial charge in [0.1, 0.15) is 110 Å². The molecule has 5 fully saturated rings.